The molecule has 5 nitrogen and oxygen atoms in total. The predicted octanol–water partition coefficient (Wildman–Crippen LogP) is 4.18. The summed E-state index contributed by atoms with van der Waals surface area (Å²) in [6.07, 6.45) is 3.05. The first-order valence-corrected chi connectivity index (χ1v) is 10.1. The molecule has 1 saturated heterocycles. The molecule has 0 aliphatic carbocycles. The minimum atomic E-state index is 0. The van der Waals surface area contributed by atoms with Crippen molar-refractivity contribution in [3.8, 4) is 0 Å². The van der Waals surface area contributed by atoms with E-state index in [9.17, 15) is 9.59 Å². The number of hydrogen-bond acceptors (Lipinski definition) is 3. The molecule has 2 heterocycles. The van der Waals surface area contributed by atoms with Crippen molar-refractivity contribution in [1.82, 2.24) is 5.32 Å². The van der Waals surface area contributed by atoms with Gasteiger partial charge in [-0.15, -0.1) is 12.4 Å². The third-order valence-electron chi connectivity index (χ3n) is 5.50. The van der Waals surface area contributed by atoms with Gasteiger partial charge >= 0.3 is 0 Å². The number of amides is 2. The Morgan fingerprint density at radius 1 is 1.21 bits per heavy atom. The molecule has 0 aromatic heterocycles. The van der Waals surface area contributed by atoms with Crippen LogP contribution in [0.4, 0.5) is 11.4 Å². The fraction of sp³-hybridized carbons (Fsp3) is 0.364. The van der Waals surface area contributed by atoms with Gasteiger partial charge in [0.15, 0.2) is 0 Å². The number of halogens is 2. The van der Waals surface area contributed by atoms with E-state index in [0.29, 0.717) is 30.3 Å². The molecule has 0 saturated carbocycles. The summed E-state index contributed by atoms with van der Waals surface area (Å²) >= 11 is 6.09. The molecule has 2 aromatic rings. The van der Waals surface area contributed by atoms with Crippen LogP contribution in [0.25, 0.3) is 0 Å². The lowest BCUT2D eigenvalue weighted by molar-refractivity contribution is -0.117. The van der Waals surface area contributed by atoms with E-state index in [-0.39, 0.29) is 24.2 Å². The van der Waals surface area contributed by atoms with Crippen molar-refractivity contribution < 1.29 is 9.59 Å². The molecule has 2 aliphatic rings. The summed E-state index contributed by atoms with van der Waals surface area (Å²) in [5, 5.41) is 6.92. The van der Waals surface area contributed by atoms with E-state index >= 15 is 0 Å². The Labute approximate surface area is 182 Å². The molecule has 2 amide bonds. The van der Waals surface area contributed by atoms with Gasteiger partial charge in [0.1, 0.15) is 0 Å². The van der Waals surface area contributed by atoms with Gasteiger partial charge in [0.25, 0.3) is 0 Å². The highest BCUT2D eigenvalue weighted by molar-refractivity contribution is 6.31. The SMILES string of the molecule is Cl.O=C(CCC1CCNC1)Nc1ccc(CN2C(=O)Cc3ccc(Cl)cc32)cc1. The Hall–Kier alpha value is -2.08. The fourth-order valence-corrected chi connectivity index (χ4v) is 4.07. The van der Waals surface area contributed by atoms with Crippen LogP contribution in [0, 0.1) is 5.92 Å². The highest BCUT2D eigenvalue weighted by atomic mass is 35.5. The van der Waals surface area contributed by atoms with Gasteiger partial charge in [-0.2, -0.15) is 0 Å². The number of carbonyl (C=O) groups is 2. The molecule has 1 fully saturated rings. The van der Waals surface area contributed by atoms with Crippen LogP contribution in [0.3, 0.4) is 0 Å². The van der Waals surface area contributed by atoms with Crippen LogP contribution >= 0.6 is 24.0 Å². The summed E-state index contributed by atoms with van der Waals surface area (Å²) in [6, 6.07) is 13.3. The normalized spacial score (nSPS) is 17.8. The Kier molecular flexibility index (Phi) is 7.17. The van der Waals surface area contributed by atoms with Crippen molar-refractivity contribution in [1.29, 1.82) is 0 Å². The van der Waals surface area contributed by atoms with Crippen molar-refractivity contribution in [2.45, 2.75) is 32.2 Å². The second-order valence-electron chi connectivity index (χ2n) is 7.57. The number of benzene rings is 2. The standard InChI is InChI=1S/C22H24ClN3O2.ClH/c23-18-5-4-17-11-22(28)26(20(17)12-18)14-16-1-6-19(7-2-16)25-21(27)8-3-15-9-10-24-13-15;/h1-2,4-7,12,15,24H,3,8-11,13-14H2,(H,25,27);1H. The average molecular weight is 434 g/mol. The maximum Gasteiger partial charge on any atom is 0.231 e. The van der Waals surface area contributed by atoms with Crippen LogP contribution in [0.2, 0.25) is 5.02 Å². The van der Waals surface area contributed by atoms with Gasteiger partial charge in [-0.25, -0.2) is 0 Å². The summed E-state index contributed by atoms with van der Waals surface area (Å²) in [7, 11) is 0. The third kappa shape index (κ3) is 5.30. The average Bonchev–Trinajstić information content (AvgIpc) is 3.30. The monoisotopic (exact) mass is 433 g/mol. The zero-order chi connectivity index (χ0) is 19.5. The minimum absolute atomic E-state index is 0. The minimum Gasteiger partial charge on any atom is -0.326 e. The number of anilines is 2. The van der Waals surface area contributed by atoms with E-state index in [0.717, 1.165) is 48.4 Å². The maximum atomic E-state index is 12.4. The zero-order valence-electron chi connectivity index (χ0n) is 16.1. The molecular formula is C22H25Cl2N3O2. The molecule has 1 atom stereocenters. The molecule has 0 radical (unpaired) electrons. The van der Waals surface area contributed by atoms with Crippen molar-refractivity contribution in [3.63, 3.8) is 0 Å². The van der Waals surface area contributed by atoms with Gasteiger partial charge in [-0.3, -0.25) is 9.59 Å². The van der Waals surface area contributed by atoms with Gasteiger partial charge in [-0.05, 0) is 67.2 Å². The molecule has 1 unspecified atom stereocenters. The quantitative estimate of drug-likeness (QED) is 0.717. The molecule has 7 heteroatoms. The lowest BCUT2D eigenvalue weighted by Gasteiger charge is -2.18. The van der Waals surface area contributed by atoms with E-state index in [2.05, 4.69) is 10.6 Å². The van der Waals surface area contributed by atoms with Crippen LogP contribution in [0.5, 0.6) is 0 Å². The predicted molar refractivity (Wildman–Crippen MR) is 119 cm³/mol. The van der Waals surface area contributed by atoms with Gasteiger partial charge in [0.2, 0.25) is 11.8 Å². The largest absolute Gasteiger partial charge is 0.326 e. The Morgan fingerprint density at radius 2 is 2.00 bits per heavy atom. The second kappa shape index (κ2) is 9.61. The molecule has 2 N–H and O–H groups in total. The van der Waals surface area contributed by atoms with E-state index in [1.807, 2.05) is 42.5 Å². The molecule has 2 aromatic carbocycles. The van der Waals surface area contributed by atoms with Gasteiger partial charge < -0.3 is 15.5 Å². The van der Waals surface area contributed by atoms with Crippen LogP contribution in [-0.2, 0) is 22.6 Å². The number of hydrogen-bond donors (Lipinski definition) is 2. The van der Waals surface area contributed by atoms with Crippen molar-refractivity contribution >= 4 is 47.2 Å². The molecule has 154 valence electrons. The molecule has 2 aliphatic heterocycles. The fourth-order valence-electron chi connectivity index (χ4n) is 3.90. The maximum absolute atomic E-state index is 12.4. The summed E-state index contributed by atoms with van der Waals surface area (Å²) in [5.41, 5.74) is 3.69. The van der Waals surface area contributed by atoms with Gasteiger partial charge in [0.05, 0.1) is 13.0 Å². The Bertz CT molecular complexity index is 880. The first kappa shape index (κ1) is 21.6. The molecular weight excluding hydrogens is 409 g/mol. The summed E-state index contributed by atoms with van der Waals surface area (Å²) < 4.78 is 0. The molecule has 0 spiro atoms. The van der Waals surface area contributed by atoms with Crippen LogP contribution in [0.1, 0.15) is 30.4 Å². The Morgan fingerprint density at radius 3 is 2.72 bits per heavy atom. The highest BCUT2D eigenvalue weighted by Gasteiger charge is 2.27. The lowest BCUT2D eigenvalue weighted by Crippen LogP contribution is -2.26. The molecule has 0 bridgehead atoms. The van der Waals surface area contributed by atoms with Crippen molar-refractivity contribution in [2.24, 2.45) is 5.92 Å². The van der Waals surface area contributed by atoms with E-state index in [1.165, 1.54) is 0 Å². The zero-order valence-corrected chi connectivity index (χ0v) is 17.7. The van der Waals surface area contributed by atoms with Crippen LogP contribution in [0.15, 0.2) is 42.5 Å². The van der Waals surface area contributed by atoms with E-state index < -0.39 is 0 Å². The van der Waals surface area contributed by atoms with E-state index in [4.69, 9.17) is 11.6 Å². The second-order valence-corrected chi connectivity index (χ2v) is 8.01. The third-order valence-corrected chi connectivity index (χ3v) is 5.74. The van der Waals surface area contributed by atoms with Gasteiger partial charge in [-0.1, -0.05) is 29.8 Å². The number of carbonyl (C=O) groups excluding carboxylic acids is 2. The summed E-state index contributed by atoms with van der Waals surface area (Å²) in [5.74, 6) is 0.747. The number of nitrogens with one attached hydrogen (secondary N) is 2. The van der Waals surface area contributed by atoms with Crippen LogP contribution in [-0.4, -0.2) is 24.9 Å². The number of fused-ring (bicyclic) bond motifs is 1. The molecule has 29 heavy (non-hydrogen) atoms. The van der Waals surface area contributed by atoms with Crippen LogP contribution < -0.4 is 15.5 Å². The summed E-state index contributed by atoms with van der Waals surface area (Å²) in [4.78, 5) is 26.3. The smallest absolute Gasteiger partial charge is 0.231 e. The Balaban J connectivity index is 0.00000240. The first-order chi connectivity index (χ1) is 13.6. The topological polar surface area (TPSA) is 61.4 Å². The van der Waals surface area contributed by atoms with Gasteiger partial charge in [0, 0.05) is 22.8 Å². The number of rotatable bonds is 6. The lowest BCUT2D eigenvalue weighted by atomic mass is 10.0. The highest BCUT2D eigenvalue weighted by Crippen LogP contribution is 2.32. The molecule has 4 rings (SSSR count). The summed E-state index contributed by atoms with van der Waals surface area (Å²) in [6.45, 7) is 2.57. The van der Waals surface area contributed by atoms with Crippen molar-refractivity contribution in [2.75, 3.05) is 23.3 Å². The van der Waals surface area contributed by atoms with E-state index in [1.54, 1.807) is 4.90 Å². The van der Waals surface area contributed by atoms with Crippen molar-refractivity contribution in [3.05, 3.63) is 58.6 Å². The number of nitrogens with zero attached hydrogens (tertiary/aromatic N) is 1. The first-order valence-electron chi connectivity index (χ1n) is 9.77.